The first-order valence-electron chi connectivity index (χ1n) is 6.88. The van der Waals surface area contributed by atoms with E-state index in [-0.39, 0.29) is 11.9 Å². The highest BCUT2D eigenvalue weighted by atomic mass is 32.1. The molecule has 0 bridgehead atoms. The van der Waals surface area contributed by atoms with Gasteiger partial charge in [-0.3, -0.25) is 4.79 Å². The average Bonchev–Trinajstić information content (AvgIpc) is 3.01. The molecule has 4 nitrogen and oxygen atoms in total. The first-order valence-corrected chi connectivity index (χ1v) is 7.76. The van der Waals surface area contributed by atoms with Crippen LogP contribution in [0.25, 0.3) is 0 Å². The maximum atomic E-state index is 12.4. The summed E-state index contributed by atoms with van der Waals surface area (Å²) in [6.07, 6.45) is 0. The van der Waals surface area contributed by atoms with Gasteiger partial charge in [0, 0.05) is 24.2 Å². The van der Waals surface area contributed by atoms with Crippen molar-refractivity contribution in [3.63, 3.8) is 0 Å². The number of benzene rings is 1. The Morgan fingerprint density at radius 1 is 1.24 bits per heavy atom. The van der Waals surface area contributed by atoms with E-state index in [4.69, 9.17) is 0 Å². The lowest BCUT2D eigenvalue weighted by molar-refractivity contribution is 0.0943. The van der Waals surface area contributed by atoms with Crippen LogP contribution in [-0.4, -0.2) is 38.5 Å². The first-order chi connectivity index (χ1) is 10.1. The van der Waals surface area contributed by atoms with Gasteiger partial charge in [-0.2, -0.15) is 0 Å². The van der Waals surface area contributed by atoms with Gasteiger partial charge < -0.3 is 15.5 Å². The average molecular weight is 303 g/mol. The number of carbonyl (C=O) groups is 1. The molecule has 1 amide bonds. The van der Waals surface area contributed by atoms with Crippen molar-refractivity contribution in [3.05, 3.63) is 52.2 Å². The molecule has 1 aromatic heterocycles. The number of hydrogen-bond acceptors (Lipinski definition) is 4. The third kappa shape index (κ3) is 3.83. The van der Waals surface area contributed by atoms with E-state index >= 15 is 0 Å². The monoisotopic (exact) mass is 303 g/mol. The van der Waals surface area contributed by atoms with Gasteiger partial charge in [-0.15, -0.1) is 11.3 Å². The highest BCUT2D eigenvalue weighted by molar-refractivity contribution is 7.10. The van der Waals surface area contributed by atoms with Crippen LogP contribution in [0, 0.1) is 0 Å². The second-order valence-electron chi connectivity index (χ2n) is 5.00. The number of amides is 1. The maximum absolute atomic E-state index is 12.4. The van der Waals surface area contributed by atoms with Gasteiger partial charge in [-0.25, -0.2) is 0 Å². The summed E-state index contributed by atoms with van der Waals surface area (Å²) in [7, 11) is 5.87. The molecule has 0 aliphatic heterocycles. The number of thiophene rings is 1. The Hall–Kier alpha value is -1.85. The van der Waals surface area contributed by atoms with Crippen molar-refractivity contribution in [3.8, 4) is 0 Å². The van der Waals surface area contributed by atoms with Gasteiger partial charge in [0.1, 0.15) is 0 Å². The molecule has 112 valence electrons. The van der Waals surface area contributed by atoms with Crippen LogP contribution in [0.3, 0.4) is 0 Å². The van der Waals surface area contributed by atoms with E-state index in [1.807, 2.05) is 51.5 Å². The highest BCUT2D eigenvalue weighted by Gasteiger charge is 2.17. The van der Waals surface area contributed by atoms with E-state index in [2.05, 4.69) is 27.0 Å². The summed E-state index contributed by atoms with van der Waals surface area (Å²) < 4.78 is 0. The highest BCUT2D eigenvalue weighted by Crippen LogP contribution is 2.22. The second kappa shape index (κ2) is 7.24. The Morgan fingerprint density at radius 2 is 2.00 bits per heavy atom. The standard InChI is InChI=1S/C16H21N3OS/c1-17-13-8-5-4-7-12(13)16(20)18-11-14(19(2)3)15-9-6-10-21-15/h4-10,14,17H,11H2,1-3H3,(H,18,20). The molecular weight excluding hydrogens is 282 g/mol. The summed E-state index contributed by atoms with van der Waals surface area (Å²) >= 11 is 1.71. The van der Waals surface area contributed by atoms with Gasteiger partial charge >= 0.3 is 0 Å². The molecule has 0 saturated heterocycles. The molecule has 1 heterocycles. The minimum absolute atomic E-state index is 0.0524. The Balaban J connectivity index is 2.06. The van der Waals surface area contributed by atoms with Crippen LogP contribution >= 0.6 is 11.3 Å². The maximum Gasteiger partial charge on any atom is 0.253 e. The number of rotatable bonds is 6. The smallest absolute Gasteiger partial charge is 0.253 e. The van der Waals surface area contributed by atoms with Crippen molar-refractivity contribution in [2.45, 2.75) is 6.04 Å². The molecule has 2 aromatic rings. The van der Waals surface area contributed by atoms with Gasteiger partial charge in [0.15, 0.2) is 0 Å². The van der Waals surface area contributed by atoms with Gasteiger partial charge in [-0.05, 0) is 37.7 Å². The fraction of sp³-hybridized carbons (Fsp3) is 0.312. The van der Waals surface area contributed by atoms with Crippen LogP contribution in [0.2, 0.25) is 0 Å². The molecule has 0 aliphatic carbocycles. The molecule has 0 fully saturated rings. The summed E-state index contributed by atoms with van der Waals surface area (Å²) in [6.45, 7) is 0.588. The third-order valence-corrected chi connectivity index (χ3v) is 4.37. The minimum atomic E-state index is -0.0524. The molecule has 0 saturated carbocycles. The zero-order valence-corrected chi connectivity index (χ0v) is 13.4. The molecular formula is C16H21N3OS. The lowest BCUT2D eigenvalue weighted by Crippen LogP contribution is -2.34. The van der Waals surface area contributed by atoms with Crippen molar-refractivity contribution in [2.75, 3.05) is 33.0 Å². The van der Waals surface area contributed by atoms with Crippen LogP contribution in [-0.2, 0) is 0 Å². The molecule has 1 atom stereocenters. The number of nitrogens with zero attached hydrogens (tertiary/aromatic N) is 1. The molecule has 2 rings (SSSR count). The Bertz CT molecular complexity index is 581. The van der Waals surface area contributed by atoms with E-state index in [9.17, 15) is 4.79 Å². The molecule has 2 N–H and O–H groups in total. The molecule has 21 heavy (non-hydrogen) atoms. The number of carbonyl (C=O) groups excluding carboxylic acids is 1. The van der Waals surface area contributed by atoms with Crippen LogP contribution in [0.15, 0.2) is 41.8 Å². The summed E-state index contributed by atoms with van der Waals surface area (Å²) in [4.78, 5) is 15.7. The number of para-hydroxylation sites is 1. The number of likely N-dealkylation sites (N-methyl/N-ethyl adjacent to an activating group) is 1. The Kier molecular flexibility index (Phi) is 5.36. The molecule has 5 heteroatoms. The van der Waals surface area contributed by atoms with Crippen LogP contribution in [0.1, 0.15) is 21.3 Å². The molecule has 1 aromatic carbocycles. The Labute approximate surface area is 129 Å². The summed E-state index contributed by atoms with van der Waals surface area (Å²) in [5.74, 6) is -0.0524. The van der Waals surface area contributed by atoms with E-state index in [1.54, 1.807) is 11.3 Å². The normalized spacial score (nSPS) is 12.2. The summed E-state index contributed by atoms with van der Waals surface area (Å²) in [6, 6.07) is 11.8. The molecule has 1 unspecified atom stereocenters. The van der Waals surface area contributed by atoms with Crippen molar-refractivity contribution < 1.29 is 4.79 Å². The van der Waals surface area contributed by atoms with E-state index in [1.165, 1.54) is 4.88 Å². The van der Waals surface area contributed by atoms with Crippen molar-refractivity contribution in [1.82, 2.24) is 10.2 Å². The SMILES string of the molecule is CNc1ccccc1C(=O)NCC(c1cccs1)N(C)C. The fourth-order valence-corrected chi connectivity index (χ4v) is 3.12. The number of nitrogens with one attached hydrogen (secondary N) is 2. The molecule has 0 radical (unpaired) electrons. The zero-order valence-electron chi connectivity index (χ0n) is 12.6. The van der Waals surface area contributed by atoms with E-state index in [0.717, 1.165) is 5.69 Å². The minimum Gasteiger partial charge on any atom is -0.387 e. The van der Waals surface area contributed by atoms with Gasteiger partial charge in [0.25, 0.3) is 5.91 Å². The lowest BCUT2D eigenvalue weighted by Gasteiger charge is -2.23. The van der Waals surface area contributed by atoms with Crippen molar-refractivity contribution in [1.29, 1.82) is 0 Å². The lowest BCUT2D eigenvalue weighted by atomic mass is 10.1. The summed E-state index contributed by atoms with van der Waals surface area (Å²) in [5, 5.41) is 8.13. The number of hydrogen-bond donors (Lipinski definition) is 2. The van der Waals surface area contributed by atoms with Gasteiger partial charge in [0.2, 0.25) is 0 Å². The van der Waals surface area contributed by atoms with Crippen LogP contribution < -0.4 is 10.6 Å². The van der Waals surface area contributed by atoms with Crippen molar-refractivity contribution in [2.24, 2.45) is 0 Å². The molecule has 0 aliphatic rings. The van der Waals surface area contributed by atoms with Gasteiger partial charge in [-0.1, -0.05) is 18.2 Å². The predicted octanol–water partition coefficient (Wildman–Crippen LogP) is 2.82. The second-order valence-corrected chi connectivity index (χ2v) is 5.98. The quantitative estimate of drug-likeness (QED) is 0.862. The van der Waals surface area contributed by atoms with E-state index in [0.29, 0.717) is 12.1 Å². The predicted molar refractivity (Wildman–Crippen MR) is 89.1 cm³/mol. The molecule has 0 spiro atoms. The third-order valence-electron chi connectivity index (χ3n) is 3.39. The first kappa shape index (κ1) is 15.5. The number of anilines is 1. The van der Waals surface area contributed by atoms with E-state index < -0.39 is 0 Å². The van der Waals surface area contributed by atoms with Crippen molar-refractivity contribution >= 4 is 22.9 Å². The Morgan fingerprint density at radius 3 is 2.62 bits per heavy atom. The van der Waals surface area contributed by atoms with Crippen LogP contribution in [0.5, 0.6) is 0 Å². The van der Waals surface area contributed by atoms with Crippen LogP contribution in [0.4, 0.5) is 5.69 Å². The fourth-order valence-electron chi connectivity index (χ4n) is 2.20. The topological polar surface area (TPSA) is 44.4 Å². The van der Waals surface area contributed by atoms with Gasteiger partial charge in [0.05, 0.1) is 11.6 Å². The summed E-state index contributed by atoms with van der Waals surface area (Å²) in [5.41, 5.74) is 1.51. The zero-order chi connectivity index (χ0) is 15.2. The largest absolute Gasteiger partial charge is 0.387 e.